The maximum atomic E-state index is 11.2. The maximum Gasteiger partial charge on any atom is 1.00 e. The van der Waals surface area contributed by atoms with Crippen LogP contribution >= 0.6 is 0 Å². The van der Waals surface area contributed by atoms with Crippen molar-refractivity contribution in [3.63, 3.8) is 0 Å². The zero-order valence-corrected chi connectivity index (χ0v) is 17.7. The third-order valence-corrected chi connectivity index (χ3v) is 5.06. The number of phenols is 1. The van der Waals surface area contributed by atoms with E-state index >= 15 is 0 Å². The molecular weight excluding hydrogens is 387 g/mol. The number of nitrogens with zero attached hydrogens (tertiary/aromatic N) is 2. The Kier molecular flexibility index (Phi) is 5.83. The van der Waals surface area contributed by atoms with Gasteiger partial charge in [-0.2, -0.15) is 5.11 Å². The molecule has 0 radical (unpaired) electrons. The Morgan fingerprint density at radius 2 is 1.50 bits per heavy atom. The van der Waals surface area contributed by atoms with E-state index in [1.165, 1.54) is 12.1 Å². The first-order chi connectivity index (χ1) is 12.9. The molecule has 0 aliphatic carbocycles. The molecule has 6 nitrogen and oxygen atoms in total. The SMILES string of the molecule is O=S(=O)([O-])c1ccc2ccc(N=Nc3c(O)ccc4ccccc34)cc2c1.[Na+]. The Labute approximate surface area is 183 Å². The molecule has 0 heterocycles. The van der Waals surface area contributed by atoms with Crippen molar-refractivity contribution in [1.29, 1.82) is 0 Å². The van der Waals surface area contributed by atoms with Crippen LogP contribution in [0.15, 0.2) is 87.9 Å². The van der Waals surface area contributed by atoms with Gasteiger partial charge in [-0.3, -0.25) is 0 Å². The summed E-state index contributed by atoms with van der Waals surface area (Å²) in [7, 11) is -4.53. The van der Waals surface area contributed by atoms with Crippen LogP contribution in [0, 0.1) is 0 Å². The minimum atomic E-state index is -4.53. The molecule has 28 heavy (non-hydrogen) atoms. The Morgan fingerprint density at radius 1 is 0.786 bits per heavy atom. The van der Waals surface area contributed by atoms with Crippen molar-refractivity contribution in [1.82, 2.24) is 0 Å². The second-order valence-corrected chi connectivity index (χ2v) is 7.38. The molecule has 4 rings (SSSR count). The number of rotatable bonds is 3. The summed E-state index contributed by atoms with van der Waals surface area (Å²) in [6, 6.07) is 20.1. The summed E-state index contributed by atoms with van der Waals surface area (Å²) in [6.45, 7) is 0. The summed E-state index contributed by atoms with van der Waals surface area (Å²) < 4.78 is 33.6. The van der Waals surface area contributed by atoms with Crippen molar-refractivity contribution in [2.24, 2.45) is 10.2 Å². The Hall–Kier alpha value is -2.29. The first kappa shape index (κ1) is 20.4. The molecule has 0 unspecified atom stereocenters. The summed E-state index contributed by atoms with van der Waals surface area (Å²) in [4.78, 5) is -0.296. The van der Waals surface area contributed by atoms with Crippen molar-refractivity contribution in [2.75, 3.05) is 0 Å². The normalized spacial score (nSPS) is 11.8. The van der Waals surface area contributed by atoms with Gasteiger partial charge in [0.25, 0.3) is 0 Å². The number of benzene rings is 4. The van der Waals surface area contributed by atoms with E-state index in [0.717, 1.165) is 16.2 Å². The molecule has 0 aromatic heterocycles. The van der Waals surface area contributed by atoms with Crippen LogP contribution in [0.2, 0.25) is 0 Å². The molecule has 4 aromatic rings. The van der Waals surface area contributed by atoms with Gasteiger partial charge in [0, 0.05) is 5.39 Å². The Bertz CT molecular complexity index is 1320. The van der Waals surface area contributed by atoms with Crippen molar-refractivity contribution in [2.45, 2.75) is 4.90 Å². The van der Waals surface area contributed by atoms with Crippen LogP contribution in [0.5, 0.6) is 5.75 Å². The minimum absolute atomic E-state index is 0. The molecule has 0 saturated carbocycles. The van der Waals surface area contributed by atoms with Gasteiger partial charge >= 0.3 is 29.6 Å². The third-order valence-electron chi connectivity index (χ3n) is 4.23. The van der Waals surface area contributed by atoms with E-state index in [4.69, 9.17) is 0 Å². The van der Waals surface area contributed by atoms with Crippen LogP contribution in [0.3, 0.4) is 0 Å². The van der Waals surface area contributed by atoms with E-state index in [2.05, 4.69) is 10.2 Å². The first-order valence-corrected chi connectivity index (χ1v) is 9.45. The van der Waals surface area contributed by atoms with Crippen molar-refractivity contribution < 1.29 is 47.6 Å². The number of fused-ring (bicyclic) bond motifs is 2. The molecular formula is C20H13N2NaO4S. The van der Waals surface area contributed by atoms with Gasteiger partial charge in [0.05, 0.1) is 10.6 Å². The quantitative estimate of drug-likeness (QED) is 0.323. The van der Waals surface area contributed by atoms with Crippen LogP contribution in [0.4, 0.5) is 11.4 Å². The number of phenolic OH excluding ortho intramolecular Hbond substituents is 1. The van der Waals surface area contributed by atoms with Crippen LogP contribution in [-0.2, 0) is 10.1 Å². The predicted octanol–water partition coefficient (Wildman–Crippen LogP) is 2.02. The molecule has 0 fully saturated rings. The van der Waals surface area contributed by atoms with Crippen molar-refractivity contribution in [3.05, 3.63) is 72.8 Å². The summed E-state index contributed by atoms with van der Waals surface area (Å²) in [6.07, 6.45) is 0. The molecule has 0 saturated heterocycles. The van der Waals surface area contributed by atoms with Gasteiger partial charge in [0.1, 0.15) is 21.6 Å². The van der Waals surface area contributed by atoms with Crippen molar-refractivity contribution >= 4 is 43.0 Å². The zero-order valence-electron chi connectivity index (χ0n) is 14.9. The summed E-state index contributed by atoms with van der Waals surface area (Å²) in [5.41, 5.74) is 0.819. The zero-order chi connectivity index (χ0) is 19.0. The minimum Gasteiger partial charge on any atom is -0.744 e. The smallest absolute Gasteiger partial charge is 0.744 e. The molecule has 0 atom stereocenters. The van der Waals surface area contributed by atoms with Gasteiger partial charge in [-0.05, 0) is 46.5 Å². The van der Waals surface area contributed by atoms with Gasteiger partial charge in [0.2, 0.25) is 0 Å². The standard InChI is InChI=1S/C20H14N2O4S.Na/c23-19-10-7-14-3-1-2-4-18(14)20(19)22-21-16-8-5-13-6-9-17(27(24,25)26)12-15(13)11-16;/h1-12,23H,(H,24,25,26);/q;+1/p-1. The maximum absolute atomic E-state index is 11.2. The van der Waals surface area contributed by atoms with E-state index < -0.39 is 10.1 Å². The van der Waals surface area contributed by atoms with Crippen LogP contribution in [0.25, 0.3) is 21.5 Å². The van der Waals surface area contributed by atoms with Crippen LogP contribution in [0.1, 0.15) is 0 Å². The van der Waals surface area contributed by atoms with E-state index in [1.54, 1.807) is 36.4 Å². The van der Waals surface area contributed by atoms with Gasteiger partial charge in [0.15, 0.2) is 0 Å². The first-order valence-electron chi connectivity index (χ1n) is 8.04. The second kappa shape index (κ2) is 7.98. The molecule has 8 heteroatoms. The monoisotopic (exact) mass is 400 g/mol. The van der Waals surface area contributed by atoms with Crippen LogP contribution < -0.4 is 29.6 Å². The third kappa shape index (κ3) is 4.09. The number of hydrogen-bond acceptors (Lipinski definition) is 6. The van der Waals surface area contributed by atoms with E-state index in [1.807, 2.05) is 24.3 Å². The fourth-order valence-electron chi connectivity index (χ4n) is 2.89. The molecule has 1 N–H and O–H groups in total. The largest absolute Gasteiger partial charge is 1.00 e. The average molecular weight is 400 g/mol. The predicted molar refractivity (Wildman–Crippen MR) is 102 cm³/mol. The number of aromatic hydroxyl groups is 1. The molecule has 0 amide bonds. The Morgan fingerprint density at radius 3 is 2.29 bits per heavy atom. The fourth-order valence-corrected chi connectivity index (χ4v) is 3.39. The molecule has 4 aromatic carbocycles. The topological polar surface area (TPSA) is 102 Å². The van der Waals surface area contributed by atoms with E-state index in [0.29, 0.717) is 16.8 Å². The average Bonchev–Trinajstić information content (AvgIpc) is 2.66. The van der Waals surface area contributed by atoms with Gasteiger partial charge in [-0.25, -0.2) is 8.42 Å². The van der Waals surface area contributed by atoms with Crippen LogP contribution in [-0.4, -0.2) is 18.1 Å². The van der Waals surface area contributed by atoms with E-state index in [9.17, 15) is 18.1 Å². The molecule has 134 valence electrons. The molecule has 0 aliphatic rings. The summed E-state index contributed by atoms with van der Waals surface area (Å²) in [5, 5.41) is 21.5. The molecule has 0 aliphatic heterocycles. The van der Waals surface area contributed by atoms with E-state index in [-0.39, 0.29) is 40.2 Å². The molecule has 0 spiro atoms. The fraction of sp³-hybridized carbons (Fsp3) is 0. The summed E-state index contributed by atoms with van der Waals surface area (Å²) >= 11 is 0. The number of hydrogen-bond donors (Lipinski definition) is 1. The molecule has 0 bridgehead atoms. The van der Waals surface area contributed by atoms with Gasteiger partial charge in [-0.15, -0.1) is 5.11 Å². The van der Waals surface area contributed by atoms with Gasteiger partial charge < -0.3 is 9.66 Å². The Balaban J connectivity index is 0.00000225. The summed E-state index contributed by atoms with van der Waals surface area (Å²) in [5.74, 6) is 0.0120. The second-order valence-electron chi connectivity index (χ2n) is 6.00. The van der Waals surface area contributed by atoms with Gasteiger partial charge in [-0.1, -0.05) is 42.5 Å². The number of azo groups is 1. The van der Waals surface area contributed by atoms with Crippen molar-refractivity contribution in [3.8, 4) is 5.75 Å².